The van der Waals surface area contributed by atoms with Gasteiger partial charge in [0.15, 0.2) is 0 Å². The number of aromatic nitrogens is 1. The second-order valence-electron chi connectivity index (χ2n) is 8.12. The molecule has 0 saturated heterocycles. The van der Waals surface area contributed by atoms with Crippen molar-refractivity contribution in [2.75, 3.05) is 10.2 Å². The molecule has 0 aliphatic carbocycles. The third-order valence-corrected chi connectivity index (χ3v) is 5.23. The van der Waals surface area contributed by atoms with Gasteiger partial charge >= 0.3 is 0 Å². The van der Waals surface area contributed by atoms with Gasteiger partial charge in [-0.15, -0.1) is 0 Å². The van der Waals surface area contributed by atoms with E-state index in [-0.39, 0.29) is 24.6 Å². The van der Waals surface area contributed by atoms with Crippen molar-refractivity contribution in [1.82, 2.24) is 10.3 Å². The van der Waals surface area contributed by atoms with Gasteiger partial charge in [0.25, 0.3) is 0 Å². The number of carbonyl (C=O) groups is 3. The number of pyridine rings is 1. The van der Waals surface area contributed by atoms with Crippen LogP contribution in [0.5, 0.6) is 0 Å². The van der Waals surface area contributed by atoms with Gasteiger partial charge < -0.3 is 10.6 Å². The van der Waals surface area contributed by atoms with Crippen molar-refractivity contribution in [2.24, 2.45) is 0 Å². The molecule has 2 N–H and O–H groups in total. The first-order valence-electron chi connectivity index (χ1n) is 11.1. The molecule has 1 aromatic heterocycles. The largest absolute Gasteiger partial charge is 0.352 e. The van der Waals surface area contributed by atoms with Gasteiger partial charge in [-0.1, -0.05) is 35.9 Å². The third kappa shape index (κ3) is 7.35. The summed E-state index contributed by atoms with van der Waals surface area (Å²) < 4.78 is 14.2. The van der Waals surface area contributed by atoms with E-state index >= 15 is 0 Å². The fourth-order valence-electron chi connectivity index (χ4n) is 3.47. The molecule has 35 heavy (non-hydrogen) atoms. The molecule has 0 saturated carbocycles. The van der Waals surface area contributed by atoms with Crippen LogP contribution in [0.3, 0.4) is 0 Å². The number of hydrogen-bond donors (Lipinski definition) is 2. The molecular weight excluding hydrogens is 471 g/mol. The Labute approximate surface area is 208 Å². The van der Waals surface area contributed by atoms with Crippen LogP contribution >= 0.6 is 11.6 Å². The summed E-state index contributed by atoms with van der Waals surface area (Å²) in [6.45, 7) is 3.60. The second-order valence-corrected chi connectivity index (χ2v) is 8.56. The highest BCUT2D eigenvalue weighted by atomic mass is 35.5. The van der Waals surface area contributed by atoms with Crippen molar-refractivity contribution in [2.45, 2.75) is 38.8 Å². The number of halogens is 2. The minimum atomic E-state index is -1.11. The van der Waals surface area contributed by atoms with E-state index in [4.69, 9.17) is 11.6 Å². The molecule has 1 atom stereocenters. The minimum Gasteiger partial charge on any atom is -0.352 e. The standard InChI is InChI=1S/C26H26ClFN4O3/c1-17(2)30-26(35)25(18-9-11-19(27)12-10-18)32(21-7-5-6-20(28)16-21)24(34)14-13-23(33)31-22-8-3-4-15-29-22/h3-12,15-17,25H,13-14H2,1-2H3,(H,30,35)(H,29,31,33)/t25-/m1/s1. The first kappa shape index (κ1) is 25.8. The maximum atomic E-state index is 14.2. The number of nitrogens with zero attached hydrogens (tertiary/aromatic N) is 2. The van der Waals surface area contributed by atoms with Gasteiger partial charge in [-0.25, -0.2) is 9.37 Å². The maximum Gasteiger partial charge on any atom is 0.248 e. The zero-order valence-electron chi connectivity index (χ0n) is 19.4. The van der Waals surface area contributed by atoms with E-state index < -0.39 is 29.6 Å². The summed E-state index contributed by atoms with van der Waals surface area (Å²) in [6.07, 6.45) is 1.17. The van der Waals surface area contributed by atoms with Crippen molar-refractivity contribution in [3.8, 4) is 0 Å². The van der Waals surface area contributed by atoms with Crippen molar-refractivity contribution < 1.29 is 18.8 Å². The van der Waals surface area contributed by atoms with Gasteiger partial charge in [-0.2, -0.15) is 0 Å². The van der Waals surface area contributed by atoms with E-state index in [9.17, 15) is 18.8 Å². The summed E-state index contributed by atoms with van der Waals surface area (Å²) in [6, 6.07) is 15.7. The highest BCUT2D eigenvalue weighted by molar-refractivity contribution is 6.30. The fourth-order valence-corrected chi connectivity index (χ4v) is 3.60. The van der Waals surface area contributed by atoms with Crippen LogP contribution in [0, 0.1) is 5.82 Å². The lowest BCUT2D eigenvalue weighted by Gasteiger charge is -2.32. The van der Waals surface area contributed by atoms with Gasteiger partial charge in [0.05, 0.1) is 0 Å². The van der Waals surface area contributed by atoms with Crippen molar-refractivity contribution in [3.63, 3.8) is 0 Å². The van der Waals surface area contributed by atoms with Crippen molar-refractivity contribution >= 4 is 40.8 Å². The van der Waals surface area contributed by atoms with E-state index in [1.54, 1.807) is 62.4 Å². The number of amides is 3. The smallest absolute Gasteiger partial charge is 0.248 e. The van der Waals surface area contributed by atoms with Gasteiger partial charge in [0.2, 0.25) is 17.7 Å². The first-order chi connectivity index (χ1) is 16.7. The van der Waals surface area contributed by atoms with Gasteiger partial charge in [0, 0.05) is 35.8 Å². The topological polar surface area (TPSA) is 91.4 Å². The Hall–Kier alpha value is -3.78. The summed E-state index contributed by atoms with van der Waals surface area (Å²) in [5.74, 6) is -1.58. The van der Waals surface area contributed by atoms with Crippen LogP contribution in [0.4, 0.5) is 15.9 Å². The number of anilines is 2. The lowest BCUT2D eigenvalue weighted by atomic mass is 10.0. The summed E-state index contributed by atoms with van der Waals surface area (Å²) in [7, 11) is 0. The monoisotopic (exact) mass is 496 g/mol. The number of hydrogen-bond acceptors (Lipinski definition) is 4. The van der Waals surface area contributed by atoms with Gasteiger partial charge in [-0.3, -0.25) is 19.3 Å². The molecule has 1 heterocycles. The quantitative estimate of drug-likeness (QED) is 0.441. The Balaban J connectivity index is 1.93. The van der Waals surface area contributed by atoms with Crippen LogP contribution < -0.4 is 15.5 Å². The molecule has 0 aliphatic rings. The lowest BCUT2D eigenvalue weighted by molar-refractivity contribution is -0.127. The Kier molecular flexibility index (Phi) is 8.92. The molecule has 0 unspecified atom stereocenters. The maximum absolute atomic E-state index is 14.2. The zero-order valence-corrected chi connectivity index (χ0v) is 20.1. The highest BCUT2D eigenvalue weighted by Gasteiger charge is 2.33. The Morgan fingerprint density at radius 3 is 2.37 bits per heavy atom. The SMILES string of the molecule is CC(C)NC(=O)[C@@H](c1ccc(Cl)cc1)N(C(=O)CCC(=O)Nc1ccccn1)c1cccc(F)c1. The Morgan fingerprint density at radius 2 is 1.74 bits per heavy atom. The molecule has 0 aliphatic heterocycles. The van der Waals surface area contributed by atoms with E-state index in [0.29, 0.717) is 16.4 Å². The zero-order chi connectivity index (χ0) is 25.4. The minimum absolute atomic E-state index is 0.152. The van der Waals surface area contributed by atoms with Crippen LogP contribution in [0.15, 0.2) is 72.9 Å². The first-order valence-corrected chi connectivity index (χ1v) is 11.5. The van der Waals surface area contributed by atoms with Crippen molar-refractivity contribution in [1.29, 1.82) is 0 Å². The molecule has 3 rings (SSSR count). The molecule has 0 spiro atoms. The predicted octanol–water partition coefficient (Wildman–Crippen LogP) is 4.89. The summed E-state index contributed by atoms with van der Waals surface area (Å²) in [5.41, 5.74) is 0.682. The fraction of sp³-hybridized carbons (Fsp3) is 0.231. The molecule has 2 aromatic carbocycles. The van der Waals surface area contributed by atoms with Crippen LogP contribution in [0.2, 0.25) is 5.02 Å². The molecule has 0 fully saturated rings. The van der Waals surface area contributed by atoms with E-state index in [0.717, 1.165) is 0 Å². The molecule has 182 valence electrons. The number of rotatable bonds is 9. The second kappa shape index (κ2) is 12.1. The molecule has 3 aromatic rings. The number of nitrogens with one attached hydrogen (secondary N) is 2. The van der Waals surface area contributed by atoms with Crippen LogP contribution in [0.25, 0.3) is 0 Å². The Morgan fingerprint density at radius 1 is 1.00 bits per heavy atom. The van der Waals surface area contributed by atoms with Crippen LogP contribution in [0.1, 0.15) is 38.3 Å². The predicted molar refractivity (Wildman–Crippen MR) is 133 cm³/mol. The molecule has 0 radical (unpaired) electrons. The van der Waals surface area contributed by atoms with Gasteiger partial charge in [0.1, 0.15) is 17.7 Å². The lowest BCUT2D eigenvalue weighted by Crippen LogP contribution is -2.46. The molecule has 7 nitrogen and oxygen atoms in total. The van der Waals surface area contributed by atoms with Crippen LogP contribution in [-0.4, -0.2) is 28.7 Å². The van der Waals surface area contributed by atoms with E-state index in [1.165, 1.54) is 29.3 Å². The molecule has 9 heteroatoms. The normalized spacial score (nSPS) is 11.6. The summed E-state index contributed by atoms with van der Waals surface area (Å²) >= 11 is 6.03. The van der Waals surface area contributed by atoms with Crippen LogP contribution in [-0.2, 0) is 14.4 Å². The summed E-state index contributed by atoms with van der Waals surface area (Å²) in [4.78, 5) is 44.5. The molecular formula is C26H26ClFN4O3. The summed E-state index contributed by atoms with van der Waals surface area (Å²) in [5, 5.41) is 5.92. The Bertz CT molecular complexity index is 1170. The average Bonchev–Trinajstić information content (AvgIpc) is 2.82. The highest BCUT2D eigenvalue weighted by Crippen LogP contribution is 2.30. The van der Waals surface area contributed by atoms with E-state index in [2.05, 4.69) is 15.6 Å². The molecule has 0 bridgehead atoms. The van der Waals surface area contributed by atoms with E-state index in [1.807, 2.05) is 0 Å². The number of carbonyl (C=O) groups excluding carboxylic acids is 3. The average molecular weight is 497 g/mol. The molecule has 3 amide bonds. The van der Waals surface area contributed by atoms with Crippen molar-refractivity contribution in [3.05, 3.63) is 89.3 Å². The third-order valence-electron chi connectivity index (χ3n) is 4.98. The number of benzene rings is 2. The van der Waals surface area contributed by atoms with Gasteiger partial charge in [-0.05, 0) is 61.9 Å².